The zero-order chi connectivity index (χ0) is 14.6. The van der Waals surface area contributed by atoms with E-state index in [1.807, 2.05) is 25.7 Å². The van der Waals surface area contributed by atoms with Crippen molar-refractivity contribution in [2.75, 3.05) is 26.3 Å². The lowest BCUT2D eigenvalue weighted by Gasteiger charge is -2.30. The fourth-order valence-corrected chi connectivity index (χ4v) is 2.81. The fraction of sp³-hybridized carbons (Fsp3) is 0.933. The summed E-state index contributed by atoms with van der Waals surface area (Å²) >= 11 is 0. The van der Waals surface area contributed by atoms with Crippen LogP contribution in [0.5, 0.6) is 0 Å². The number of likely N-dealkylation sites (tertiary alicyclic amines) is 1. The normalized spacial score (nSPS) is 24.9. The summed E-state index contributed by atoms with van der Waals surface area (Å²) in [6.45, 7) is 9.11. The van der Waals surface area contributed by atoms with Crippen LogP contribution in [0.1, 0.15) is 46.5 Å². The Balaban J connectivity index is 1.79. The van der Waals surface area contributed by atoms with E-state index in [9.17, 15) is 4.79 Å². The molecule has 2 aliphatic rings. The smallest absolute Gasteiger partial charge is 0.410 e. The minimum atomic E-state index is -0.418. The van der Waals surface area contributed by atoms with Crippen molar-refractivity contribution in [2.24, 2.45) is 0 Å². The second-order valence-electron chi connectivity index (χ2n) is 6.76. The Hall–Kier alpha value is -0.810. The van der Waals surface area contributed by atoms with Gasteiger partial charge in [0.05, 0.1) is 0 Å². The van der Waals surface area contributed by atoms with Crippen molar-refractivity contribution in [1.29, 1.82) is 0 Å². The van der Waals surface area contributed by atoms with Crippen LogP contribution >= 0.6 is 0 Å². The van der Waals surface area contributed by atoms with Gasteiger partial charge in [0, 0.05) is 38.4 Å². The average Bonchev–Trinajstić information content (AvgIpc) is 2.84. The topological polar surface area (TPSA) is 50.8 Å². The minimum Gasteiger partial charge on any atom is -0.444 e. The molecule has 0 aliphatic carbocycles. The third-order valence-electron chi connectivity index (χ3n) is 3.87. The maximum absolute atomic E-state index is 12.2. The molecule has 5 heteroatoms. The van der Waals surface area contributed by atoms with E-state index in [2.05, 4.69) is 5.32 Å². The monoisotopic (exact) mass is 284 g/mol. The number of carbonyl (C=O) groups is 1. The first kappa shape index (κ1) is 15.6. The largest absolute Gasteiger partial charge is 0.444 e. The Labute approximate surface area is 122 Å². The van der Waals surface area contributed by atoms with Gasteiger partial charge in [-0.15, -0.1) is 0 Å². The predicted molar refractivity (Wildman–Crippen MR) is 77.8 cm³/mol. The van der Waals surface area contributed by atoms with E-state index >= 15 is 0 Å². The van der Waals surface area contributed by atoms with Crippen molar-refractivity contribution in [3.63, 3.8) is 0 Å². The van der Waals surface area contributed by atoms with Crippen molar-refractivity contribution in [2.45, 2.75) is 64.1 Å². The highest BCUT2D eigenvalue weighted by molar-refractivity contribution is 5.69. The van der Waals surface area contributed by atoms with Gasteiger partial charge in [0.2, 0.25) is 0 Å². The Kier molecular flexibility index (Phi) is 5.27. The second-order valence-corrected chi connectivity index (χ2v) is 6.76. The van der Waals surface area contributed by atoms with Crippen LogP contribution in [-0.4, -0.2) is 55.0 Å². The quantitative estimate of drug-likeness (QED) is 0.863. The molecule has 2 saturated heterocycles. The maximum Gasteiger partial charge on any atom is 0.410 e. The number of carbonyl (C=O) groups excluding carboxylic acids is 1. The summed E-state index contributed by atoms with van der Waals surface area (Å²) in [6, 6.07) is 0.803. The highest BCUT2D eigenvalue weighted by Gasteiger charge is 2.32. The van der Waals surface area contributed by atoms with Crippen molar-refractivity contribution in [1.82, 2.24) is 10.2 Å². The van der Waals surface area contributed by atoms with E-state index in [0.717, 1.165) is 52.0 Å². The van der Waals surface area contributed by atoms with Crippen LogP contribution in [0.4, 0.5) is 4.79 Å². The SMILES string of the molecule is CC(C)(C)OC(=O)N1CCCC1CNC1CCOCC1. The molecule has 1 atom stereocenters. The zero-order valence-corrected chi connectivity index (χ0v) is 13.0. The number of ether oxygens (including phenoxy) is 2. The lowest BCUT2D eigenvalue weighted by molar-refractivity contribution is 0.0217. The molecule has 5 nitrogen and oxygen atoms in total. The number of hydrogen-bond donors (Lipinski definition) is 1. The predicted octanol–water partition coefficient (Wildman–Crippen LogP) is 2.15. The van der Waals surface area contributed by atoms with Crippen LogP contribution < -0.4 is 5.32 Å². The molecule has 0 spiro atoms. The van der Waals surface area contributed by atoms with Gasteiger partial charge in [-0.2, -0.15) is 0 Å². The van der Waals surface area contributed by atoms with Crippen LogP contribution in [0.3, 0.4) is 0 Å². The van der Waals surface area contributed by atoms with Crippen LogP contribution in [0.15, 0.2) is 0 Å². The number of rotatable bonds is 3. The molecule has 2 rings (SSSR count). The van der Waals surface area contributed by atoms with Crippen molar-refractivity contribution in [3.8, 4) is 0 Å². The van der Waals surface area contributed by atoms with E-state index in [1.54, 1.807) is 0 Å². The first-order chi connectivity index (χ1) is 9.46. The first-order valence-corrected chi connectivity index (χ1v) is 7.76. The van der Waals surface area contributed by atoms with Gasteiger partial charge in [-0.3, -0.25) is 0 Å². The molecule has 1 N–H and O–H groups in total. The van der Waals surface area contributed by atoms with Gasteiger partial charge in [-0.05, 0) is 46.5 Å². The van der Waals surface area contributed by atoms with Gasteiger partial charge in [0.15, 0.2) is 0 Å². The molecule has 1 amide bonds. The average molecular weight is 284 g/mol. The summed E-state index contributed by atoms with van der Waals surface area (Å²) in [4.78, 5) is 14.1. The molecule has 116 valence electrons. The highest BCUT2D eigenvalue weighted by atomic mass is 16.6. The van der Waals surface area contributed by atoms with Crippen LogP contribution in [-0.2, 0) is 9.47 Å². The molecule has 0 aromatic heterocycles. The maximum atomic E-state index is 12.2. The summed E-state index contributed by atoms with van der Waals surface area (Å²) in [5.74, 6) is 0. The molecule has 0 aromatic rings. The van der Waals surface area contributed by atoms with Gasteiger partial charge < -0.3 is 19.7 Å². The minimum absolute atomic E-state index is 0.172. The lowest BCUT2D eigenvalue weighted by Crippen LogP contribution is -2.47. The summed E-state index contributed by atoms with van der Waals surface area (Å²) in [5, 5.41) is 3.58. The zero-order valence-electron chi connectivity index (χ0n) is 13.0. The Morgan fingerprint density at radius 2 is 2.00 bits per heavy atom. The fourth-order valence-electron chi connectivity index (χ4n) is 2.81. The van der Waals surface area contributed by atoms with Gasteiger partial charge in [0.25, 0.3) is 0 Å². The second kappa shape index (κ2) is 6.76. The first-order valence-electron chi connectivity index (χ1n) is 7.76. The van der Waals surface area contributed by atoms with E-state index < -0.39 is 5.60 Å². The molecule has 2 heterocycles. The lowest BCUT2D eigenvalue weighted by atomic mass is 10.1. The Bertz CT molecular complexity index is 322. The van der Waals surface area contributed by atoms with Crippen LogP contribution in [0, 0.1) is 0 Å². The van der Waals surface area contributed by atoms with Crippen molar-refractivity contribution < 1.29 is 14.3 Å². The van der Waals surface area contributed by atoms with Crippen molar-refractivity contribution >= 4 is 6.09 Å². The van der Waals surface area contributed by atoms with E-state index in [4.69, 9.17) is 9.47 Å². The third kappa shape index (κ3) is 4.63. The van der Waals surface area contributed by atoms with Crippen LogP contribution in [0.25, 0.3) is 0 Å². The number of nitrogens with zero attached hydrogens (tertiary/aromatic N) is 1. The van der Waals surface area contributed by atoms with E-state index in [1.165, 1.54) is 0 Å². The van der Waals surface area contributed by atoms with Crippen molar-refractivity contribution in [3.05, 3.63) is 0 Å². The van der Waals surface area contributed by atoms with Gasteiger partial charge in [-0.1, -0.05) is 0 Å². The van der Waals surface area contributed by atoms with E-state index in [-0.39, 0.29) is 12.1 Å². The molecule has 20 heavy (non-hydrogen) atoms. The third-order valence-corrected chi connectivity index (χ3v) is 3.87. The van der Waals surface area contributed by atoms with Gasteiger partial charge in [0.1, 0.15) is 5.60 Å². The highest BCUT2D eigenvalue weighted by Crippen LogP contribution is 2.20. The molecule has 0 saturated carbocycles. The number of nitrogens with one attached hydrogen (secondary N) is 1. The molecular weight excluding hydrogens is 256 g/mol. The van der Waals surface area contributed by atoms with Gasteiger partial charge >= 0.3 is 6.09 Å². The number of hydrogen-bond acceptors (Lipinski definition) is 4. The van der Waals surface area contributed by atoms with Crippen LogP contribution in [0.2, 0.25) is 0 Å². The molecule has 2 aliphatic heterocycles. The molecule has 1 unspecified atom stereocenters. The summed E-state index contributed by atoms with van der Waals surface area (Å²) in [7, 11) is 0. The Morgan fingerprint density at radius 1 is 1.30 bits per heavy atom. The molecule has 0 bridgehead atoms. The van der Waals surface area contributed by atoms with E-state index in [0.29, 0.717) is 6.04 Å². The molecule has 0 aromatic carbocycles. The summed E-state index contributed by atoms with van der Waals surface area (Å²) in [6.07, 6.45) is 4.10. The standard InChI is InChI=1S/C15H28N2O3/c1-15(2,3)20-14(18)17-8-4-5-13(17)11-16-12-6-9-19-10-7-12/h12-13,16H,4-11H2,1-3H3. The number of amides is 1. The molecule has 0 radical (unpaired) electrons. The Morgan fingerprint density at radius 3 is 2.65 bits per heavy atom. The van der Waals surface area contributed by atoms with Gasteiger partial charge in [-0.25, -0.2) is 4.79 Å². The summed E-state index contributed by atoms with van der Waals surface area (Å²) in [5.41, 5.74) is -0.418. The molecule has 2 fully saturated rings. The summed E-state index contributed by atoms with van der Waals surface area (Å²) < 4.78 is 10.8. The molecular formula is C15H28N2O3.